The number of hydrazone groups is 1. The summed E-state index contributed by atoms with van der Waals surface area (Å²) in [4.78, 5) is 17.0. The average Bonchev–Trinajstić information content (AvgIpc) is 3.22. The monoisotopic (exact) mass is 531 g/mol. The quantitative estimate of drug-likeness (QED) is 0.535. The van der Waals surface area contributed by atoms with Crippen LogP contribution in [0.2, 0.25) is 5.02 Å². The van der Waals surface area contributed by atoms with Crippen LogP contribution in [0.25, 0.3) is 0 Å². The van der Waals surface area contributed by atoms with E-state index in [0.717, 1.165) is 23.1 Å². The lowest BCUT2D eigenvalue weighted by atomic mass is 10.1. The molecular formula is C23H26ClF4N5O3. The highest BCUT2D eigenvalue weighted by atomic mass is 35.5. The predicted molar refractivity (Wildman–Crippen MR) is 129 cm³/mol. The van der Waals surface area contributed by atoms with Gasteiger partial charge in [0.05, 0.1) is 23.2 Å². The first-order valence-electron chi connectivity index (χ1n) is 10.8. The van der Waals surface area contributed by atoms with Gasteiger partial charge in [0.2, 0.25) is 0 Å². The summed E-state index contributed by atoms with van der Waals surface area (Å²) in [5, 5.41) is 15.1. The summed E-state index contributed by atoms with van der Waals surface area (Å²) < 4.78 is 59.9. The van der Waals surface area contributed by atoms with Crippen LogP contribution in [0.5, 0.6) is 5.75 Å². The number of benzene rings is 2. The zero-order chi connectivity index (χ0) is 26.8. The maximum atomic E-state index is 13.7. The SMILES string of the molecule is Cc1cc(C(F)(F)F)c(Cl)c(N2C=NN(CC(O)CN(C)C)C2)c1OC(=O)N(C)c1ccc(F)cc1. The molecule has 3 rings (SSSR count). The van der Waals surface area contributed by atoms with Crippen LogP contribution in [0, 0.1) is 12.7 Å². The predicted octanol–water partition coefficient (Wildman–Crippen LogP) is 4.39. The highest BCUT2D eigenvalue weighted by Crippen LogP contribution is 2.47. The third-order valence-corrected chi connectivity index (χ3v) is 5.70. The molecule has 2 aromatic carbocycles. The number of aliphatic hydroxyl groups excluding tert-OH is 1. The highest BCUT2D eigenvalue weighted by Gasteiger charge is 2.38. The van der Waals surface area contributed by atoms with Crippen molar-refractivity contribution in [1.29, 1.82) is 0 Å². The van der Waals surface area contributed by atoms with Gasteiger partial charge in [-0.15, -0.1) is 0 Å². The van der Waals surface area contributed by atoms with Gasteiger partial charge in [0, 0.05) is 19.3 Å². The number of hydrogen-bond donors (Lipinski definition) is 1. The third-order valence-electron chi connectivity index (χ3n) is 5.32. The number of carbonyl (C=O) groups is 1. The summed E-state index contributed by atoms with van der Waals surface area (Å²) in [5.74, 6) is -0.684. The zero-order valence-corrected chi connectivity index (χ0v) is 20.8. The largest absolute Gasteiger partial charge is 0.419 e. The molecule has 0 fully saturated rings. The van der Waals surface area contributed by atoms with Crippen LogP contribution in [0.1, 0.15) is 11.1 Å². The number of ether oxygens (including phenoxy) is 1. The molecule has 1 aliphatic heterocycles. The first kappa shape index (κ1) is 27.5. The molecule has 1 N–H and O–H groups in total. The highest BCUT2D eigenvalue weighted by molar-refractivity contribution is 6.35. The van der Waals surface area contributed by atoms with Crippen molar-refractivity contribution in [2.45, 2.75) is 19.2 Å². The van der Waals surface area contributed by atoms with Crippen LogP contribution in [-0.2, 0) is 6.18 Å². The molecule has 0 radical (unpaired) electrons. The molecule has 196 valence electrons. The molecule has 0 bridgehead atoms. The van der Waals surface area contributed by atoms with E-state index in [-0.39, 0.29) is 30.2 Å². The van der Waals surface area contributed by atoms with Gasteiger partial charge in [0.15, 0.2) is 5.75 Å². The summed E-state index contributed by atoms with van der Waals surface area (Å²) >= 11 is 6.23. The Kier molecular flexibility index (Phi) is 8.32. The van der Waals surface area contributed by atoms with Crippen molar-refractivity contribution in [2.75, 3.05) is 50.7 Å². The Balaban J connectivity index is 1.94. The van der Waals surface area contributed by atoms with E-state index in [0.29, 0.717) is 12.2 Å². The number of nitrogens with zero attached hydrogens (tertiary/aromatic N) is 5. The number of likely N-dealkylation sites (N-methyl/N-ethyl adjacent to an activating group) is 1. The van der Waals surface area contributed by atoms with E-state index in [1.807, 2.05) is 0 Å². The van der Waals surface area contributed by atoms with Gasteiger partial charge >= 0.3 is 12.3 Å². The molecule has 0 saturated heterocycles. The van der Waals surface area contributed by atoms with Crippen LogP contribution >= 0.6 is 11.6 Å². The first-order chi connectivity index (χ1) is 16.8. The Bertz CT molecular complexity index is 1130. The van der Waals surface area contributed by atoms with Gasteiger partial charge in [-0.1, -0.05) is 11.6 Å². The maximum absolute atomic E-state index is 13.7. The summed E-state index contributed by atoms with van der Waals surface area (Å²) in [5.41, 5.74) is -0.967. The first-order valence-corrected chi connectivity index (χ1v) is 11.2. The molecule has 0 saturated carbocycles. The van der Waals surface area contributed by atoms with Crippen molar-refractivity contribution in [3.8, 4) is 5.75 Å². The fraction of sp³-hybridized carbons (Fsp3) is 0.391. The minimum absolute atomic E-state index is 0.0158. The normalized spacial score (nSPS) is 14.5. The van der Waals surface area contributed by atoms with Gasteiger partial charge in [-0.25, -0.2) is 9.18 Å². The third kappa shape index (κ3) is 6.37. The molecule has 36 heavy (non-hydrogen) atoms. The van der Waals surface area contributed by atoms with E-state index in [1.165, 1.54) is 42.4 Å². The van der Waals surface area contributed by atoms with Crippen molar-refractivity contribution >= 4 is 35.4 Å². The van der Waals surface area contributed by atoms with Crippen LogP contribution in [-0.4, -0.2) is 74.5 Å². The molecule has 0 spiro atoms. The topological polar surface area (TPSA) is 71.9 Å². The van der Waals surface area contributed by atoms with Gasteiger partial charge in [-0.05, 0) is 56.9 Å². The van der Waals surface area contributed by atoms with Crippen molar-refractivity contribution in [1.82, 2.24) is 9.91 Å². The molecule has 13 heteroatoms. The van der Waals surface area contributed by atoms with E-state index in [1.54, 1.807) is 19.0 Å². The fourth-order valence-corrected chi connectivity index (χ4v) is 3.97. The second-order valence-corrected chi connectivity index (χ2v) is 8.96. The second-order valence-electron chi connectivity index (χ2n) is 8.58. The van der Waals surface area contributed by atoms with Gasteiger partial charge in [-0.2, -0.15) is 18.3 Å². The van der Waals surface area contributed by atoms with E-state index < -0.39 is 34.8 Å². The van der Waals surface area contributed by atoms with Crippen molar-refractivity contribution < 1.29 is 32.2 Å². The number of halogens is 5. The van der Waals surface area contributed by atoms with Crippen LogP contribution in [0.15, 0.2) is 35.4 Å². The lowest BCUT2D eigenvalue weighted by molar-refractivity contribution is -0.137. The number of carbonyl (C=O) groups excluding carboxylic acids is 1. The maximum Gasteiger partial charge on any atom is 0.419 e. The Morgan fingerprint density at radius 3 is 2.47 bits per heavy atom. The number of rotatable bonds is 7. The molecule has 8 nitrogen and oxygen atoms in total. The smallest absolute Gasteiger partial charge is 0.407 e. The zero-order valence-electron chi connectivity index (χ0n) is 20.1. The summed E-state index contributed by atoms with van der Waals surface area (Å²) in [6.07, 6.45) is -5.19. The number of alkyl halides is 3. The second kappa shape index (κ2) is 10.9. The van der Waals surface area contributed by atoms with Crippen LogP contribution < -0.4 is 14.5 Å². The Labute approximate surface area is 210 Å². The number of anilines is 2. The molecule has 1 unspecified atom stereocenters. The number of aliphatic hydroxyl groups is 1. The number of amides is 1. The Morgan fingerprint density at radius 2 is 1.89 bits per heavy atom. The number of β-amino-alcohol motifs (C(OH)–C–C–N with tert-alkyl or cyclic N) is 1. The van der Waals surface area contributed by atoms with E-state index in [2.05, 4.69) is 5.10 Å². The van der Waals surface area contributed by atoms with E-state index >= 15 is 0 Å². The molecule has 1 heterocycles. The summed E-state index contributed by atoms with van der Waals surface area (Å²) in [6, 6.07) is 5.83. The fourth-order valence-electron chi connectivity index (χ4n) is 3.62. The van der Waals surface area contributed by atoms with Crippen LogP contribution in [0.4, 0.5) is 33.7 Å². The van der Waals surface area contributed by atoms with Crippen molar-refractivity contribution in [2.24, 2.45) is 5.10 Å². The Hall–Kier alpha value is -3.09. The molecule has 1 amide bonds. The lowest BCUT2D eigenvalue weighted by Gasteiger charge is -2.27. The number of aryl methyl sites for hydroxylation is 1. The minimum Gasteiger partial charge on any atom is -0.407 e. The number of hydrogen-bond acceptors (Lipinski definition) is 7. The van der Waals surface area contributed by atoms with Gasteiger partial charge in [0.1, 0.15) is 24.5 Å². The van der Waals surface area contributed by atoms with E-state index in [4.69, 9.17) is 16.3 Å². The Morgan fingerprint density at radius 1 is 1.25 bits per heavy atom. The average molecular weight is 532 g/mol. The van der Waals surface area contributed by atoms with Gasteiger partial charge in [-0.3, -0.25) is 9.91 Å². The lowest BCUT2D eigenvalue weighted by Crippen LogP contribution is -2.37. The van der Waals surface area contributed by atoms with Gasteiger partial charge in [0.25, 0.3) is 0 Å². The molecular weight excluding hydrogens is 506 g/mol. The van der Waals surface area contributed by atoms with Gasteiger partial charge < -0.3 is 19.6 Å². The molecule has 0 aliphatic carbocycles. The summed E-state index contributed by atoms with van der Waals surface area (Å²) in [7, 11) is 4.95. The molecule has 1 aliphatic rings. The molecule has 0 aromatic heterocycles. The van der Waals surface area contributed by atoms with Crippen molar-refractivity contribution in [3.05, 3.63) is 52.3 Å². The minimum atomic E-state index is -4.76. The standard InChI is InChI=1S/C23H26ClF4N5O3/c1-14-9-18(23(26,27)28)19(24)20(32-12-29-33(13-32)11-17(34)10-30(2)3)21(14)36-22(35)31(4)16-7-5-15(25)6-8-16/h5-9,12,17,34H,10-11,13H2,1-4H3. The molecule has 1 atom stereocenters. The van der Waals surface area contributed by atoms with Crippen molar-refractivity contribution in [3.63, 3.8) is 0 Å². The molecule has 2 aromatic rings. The summed E-state index contributed by atoms with van der Waals surface area (Å²) in [6.45, 7) is 1.79. The van der Waals surface area contributed by atoms with E-state index in [9.17, 15) is 27.5 Å². The van der Waals surface area contributed by atoms with Crippen LogP contribution in [0.3, 0.4) is 0 Å².